The van der Waals surface area contributed by atoms with E-state index in [1.165, 1.54) is 12.1 Å². The highest BCUT2D eigenvalue weighted by Gasteiger charge is 2.36. The van der Waals surface area contributed by atoms with Crippen LogP contribution in [0.2, 0.25) is 0 Å². The minimum Gasteiger partial charge on any atom is -0.462 e. The van der Waals surface area contributed by atoms with Gasteiger partial charge in [0.25, 0.3) is 0 Å². The molecule has 2 aliphatic heterocycles. The van der Waals surface area contributed by atoms with Crippen molar-refractivity contribution in [2.75, 3.05) is 44.7 Å². The van der Waals surface area contributed by atoms with E-state index in [2.05, 4.69) is 47.1 Å². The molecule has 2 fully saturated rings. The number of benzene rings is 1. The van der Waals surface area contributed by atoms with Crippen LogP contribution in [0.15, 0.2) is 35.7 Å². The van der Waals surface area contributed by atoms with Crippen LogP contribution in [-0.4, -0.2) is 83.4 Å². The molecule has 0 saturated carbocycles. The first kappa shape index (κ1) is 30.0. The number of carbonyl (C=O) groups is 2. The van der Waals surface area contributed by atoms with Crippen molar-refractivity contribution in [3.8, 4) is 12.1 Å². The molecule has 9 nitrogen and oxygen atoms in total. The molecule has 3 atom stereocenters. The zero-order chi connectivity index (χ0) is 29.8. The van der Waals surface area contributed by atoms with E-state index < -0.39 is 0 Å². The van der Waals surface area contributed by atoms with Crippen LogP contribution in [0.4, 0.5) is 10.2 Å². The van der Waals surface area contributed by atoms with Crippen molar-refractivity contribution in [1.82, 2.24) is 19.8 Å². The van der Waals surface area contributed by atoms with Gasteiger partial charge >= 0.3 is 6.01 Å². The van der Waals surface area contributed by atoms with Gasteiger partial charge in [-0.3, -0.25) is 9.59 Å². The summed E-state index contributed by atoms with van der Waals surface area (Å²) in [7, 11) is 2.07. The number of ketones is 1. The summed E-state index contributed by atoms with van der Waals surface area (Å²) < 4.78 is 20.2. The Morgan fingerprint density at radius 1 is 1.26 bits per heavy atom. The van der Waals surface area contributed by atoms with Gasteiger partial charge in [-0.25, -0.2) is 4.39 Å². The first-order valence-electron chi connectivity index (χ1n) is 14.6. The number of amides is 1. The Morgan fingerprint density at radius 2 is 2.10 bits per heavy atom. The monoisotopic (exact) mass is 592 g/mol. The van der Waals surface area contributed by atoms with Crippen LogP contribution in [0, 0.1) is 23.1 Å². The van der Waals surface area contributed by atoms with Crippen molar-refractivity contribution in [3.05, 3.63) is 53.5 Å². The van der Waals surface area contributed by atoms with Crippen LogP contribution in [0.25, 0.3) is 0 Å². The molecule has 2 aromatic rings. The molecule has 2 saturated heterocycles. The number of halogens is 1. The van der Waals surface area contributed by atoms with Crippen LogP contribution in [0.1, 0.15) is 53.7 Å². The zero-order valence-electron chi connectivity index (χ0n) is 24.0. The number of nitriles is 1. The zero-order valence-corrected chi connectivity index (χ0v) is 24.9. The summed E-state index contributed by atoms with van der Waals surface area (Å²) in [6, 6.07) is 7.17. The molecule has 0 bridgehead atoms. The van der Waals surface area contributed by atoms with E-state index in [1.54, 1.807) is 11.0 Å². The van der Waals surface area contributed by atoms with Crippen LogP contribution in [0.5, 0.6) is 6.01 Å². The number of hydrogen-bond donors (Lipinski definition) is 1. The number of piperazine rings is 1. The molecule has 0 spiro atoms. The predicted molar refractivity (Wildman–Crippen MR) is 159 cm³/mol. The summed E-state index contributed by atoms with van der Waals surface area (Å²) in [4.78, 5) is 42.1. The van der Waals surface area contributed by atoms with E-state index in [-0.39, 0.29) is 47.9 Å². The lowest BCUT2D eigenvalue weighted by atomic mass is 9.82. The molecule has 1 amide bonds. The number of ether oxygens (including phenoxy) is 1. The number of anilines is 1. The van der Waals surface area contributed by atoms with E-state index in [0.29, 0.717) is 68.3 Å². The fourth-order valence-corrected chi connectivity index (χ4v) is 6.58. The quantitative estimate of drug-likeness (QED) is 0.346. The molecule has 2 unspecified atom stereocenters. The van der Waals surface area contributed by atoms with Crippen molar-refractivity contribution in [2.45, 2.75) is 61.9 Å². The number of Topliss-reactive ketones (excluding diaryl/α,β-unsaturated/α-hetero) is 1. The lowest BCUT2D eigenvalue weighted by Crippen LogP contribution is -2.55. The number of aromatic nitrogens is 2. The molecule has 3 aliphatic rings. The standard InChI is InChI=1S/C31H37FN6O3S/c1-3-26(39)38-17-16-37(18-22(38)13-14-33)30-24-12-11-20(9-10-21-6-4-8-25(32)29(21)42)28(40)27(24)34-31(35-30)41-19-23-7-5-15-36(23)2/h3-4,6,8,20,22-23,42H,1,5,7,9-13,15-19H2,2H3/t20-,22?,23?/m1/s1. The Hall–Kier alpha value is -3.49. The Kier molecular flexibility index (Phi) is 9.43. The molecular formula is C31H37FN6O3S. The van der Waals surface area contributed by atoms with Crippen molar-refractivity contribution in [3.63, 3.8) is 0 Å². The summed E-state index contributed by atoms with van der Waals surface area (Å²) in [5.41, 5.74) is 1.93. The predicted octanol–water partition coefficient (Wildman–Crippen LogP) is 3.87. The Bertz CT molecular complexity index is 1400. The maximum atomic E-state index is 14.0. The van der Waals surface area contributed by atoms with Gasteiger partial charge in [0.15, 0.2) is 5.78 Å². The van der Waals surface area contributed by atoms with Crippen LogP contribution in [0.3, 0.4) is 0 Å². The number of nitrogens with zero attached hydrogens (tertiary/aromatic N) is 6. The van der Waals surface area contributed by atoms with Crippen LogP contribution >= 0.6 is 12.6 Å². The number of fused-ring (bicyclic) bond motifs is 1. The number of carbonyl (C=O) groups excluding carboxylic acids is 2. The fourth-order valence-electron chi connectivity index (χ4n) is 6.32. The van der Waals surface area contributed by atoms with Gasteiger partial charge in [0.05, 0.1) is 18.5 Å². The third-order valence-electron chi connectivity index (χ3n) is 8.79. The molecule has 1 aromatic heterocycles. The topological polar surface area (TPSA) is 103 Å². The largest absolute Gasteiger partial charge is 0.462 e. The molecular weight excluding hydrogens is 555 g/mol. The molecule has 222 valence electrons. The minimum atomic E-state index is -0.368. The molecule has 11 heteroatoms. The molecule has 1 aliphatic carbocycles. The molecule has 0 radical (unpaired) electrons. The van der Waals surface area contributed by atoms with E-state index in [0.717, 1.165) is 30.5 Å². The number of hydrogen-bond acceptors (Lipinski definition) is 9. The minimum absolute atomic E-state index is 0.0612. The van der Waals surface area contributed by atoms with Gasteiger partial charge in [0.2, 0.25) is 5.91 Å². The second-order valence-corrected chi connectivity index (χ2v) is 11.8. The van der Waals surface area contributed by atoms with Crippen LogP contribution in [-0.2, 0) is 17.6 Å². The third kappa shape index (κ3) is 6.30. The highest BCUT2D eigenvalue weighted by atomic mass is 32.1. The Balaban J connectivity index is 1.42. The molecule has 3 heterocycles. The van der Waals surface area contributed by atoms with E-state index in [4.69, 9.17) is 9.72 Å². The smallest absolute Gasteiger partial charge is 0.319 e. The summed E-state index contributed by atoms with van der Waals surface area (Å²) in [6.07, 6.45) is 5.91. The van der Waals surface area contributed by atoms with Gasteiger partial charge in [0, 0.05) is 42.1 Å². The van der Waals surface area contributed by atoms with E-state index in [9.17, 15) is 19.2 Å². The molecule has 42 heavy (non-hydrogen) atoms. The first-order valence-corrected chi connectivity index (χ1v) is 15.0. The normalized spacial score (nSPS) is 22.5. The molecule has 0 N–H and O–H groups in total. The second kappa shape index (κ2) is 13.2. The van der Waals surface area contributed by atoms with Crippen molar-refractivity contribution in [2.24, 2.45) is 5.92 Å². The third-order valence-corrected chi connectivity index (χ3v) is 9.29. The average Bonchev–Trinajstić information content (AvgIpc) is 3.41. The van der Waals surface area contributed by atoms with Gasteiger partial charge < -0.3 is 19.4 Å². The average molecular weight is 593 g/mol. The number of likely N-dealkylation sites (N-methyl/N-ethyl adjacent to an activating group) is 1. The SMILES string of the molecule is C=CC(=O)N1CCN(c2nc(OCC3CCCN3C)nc3c2CC[C@@H](CCc2cccc(F)c2S)C3=O)CC1CC#N. The lowest BCUT2D eigenvalue weighted by molar-refractivity contribution is -0.128. The van der Waals surface area contributed by atoms with Crippen molar-refractivity contribution < 1.29 is 18.7 Å². The summed E-state index contributed by atoms with van der Waals surface area (Å²) in [5.74, 6) is -0.261. The van der Waals surface area contributed by atoms with Gasteiger partial charge in [-0.05, 0) is 69.8 Å². The van der Waals surface area contributed by atoms with Gasteiger partial charge in [-0.2, -0.15) is 15.2 Å². The van der Waals surface area contributed by atoms with Gasteiger partial charge in [-0.1, -0.05) is 18.7 Å². The maximum absolute atomic E-state index is 14.0. The molecule has 1 aromatic carbocycles. The van der Waals surface area contributed by atoms with Crippen LogP contribution < -0.4 is 9.64 Å². The highest BCUT2D eigenvalue weighted by molar-refractivity contribution is 7.80. The number of rotatable bonds is 9. The number of thiol groups is 1. The summed E-state index contributed by atoms with van der Waals surface area (Å²) in [5, 5.41) is 9.46. The fraction of sp³-hybridized carbons (Fsp3) is 0.516. The molecule has 5 rings (SSSR count). The summed E-state index contributed by atoms with van der Waals surface area (Å²) in [6.45, 7) is 6.36. The highest BCUT2D eigenvalue weighted by Crippen LogP contribution is 2.35. The van der Waals surface area contributed by atoms with E-state index in [1.807, 2.05) is 6.07 Å². The van der Waals surface area contributed by atoms with Crippen molar-refractivity contribution >= 4 is 30.1 Å². The lowest BCUT2D eigenvalue weighted by Gasteiger charge is -2.41. The van der Waals surface area contributed by atoms with Gasteiger partial charge in [0.1, 0.15) is 23.9 Å². The first-order chi connectivity index (χ1) is 20.3. The van der Waals surface area contributed by atoms with E-state index >= 15 is 0 Å². The van der Waals surface area contributed by atoms with Crippen molar-refractivity contribution in [1.29, 1.82) is 5.26 Å². The number of aryl methyl sites for hydroxylation is 1. The van der Waals surface area contributed by atoms with Gasteiger partial charge in [-0.15, -0.1) is 12.6 Å². The Labute approximate surface area is 251 Å². The number of likely N-dealkylation sites (tertiary alicyclic amines) is 1. The Morgan fingerprint density at radius 3 is 2.83 bits per heavy atom. The second-order valence-electron chi connectivity index (χ2n) is 11.3. The maximum Gasteiger partial charge on any atom is 0.319 e. The summed E-state index contributed by atoms with van der Waals surface area (Å²) >= 11 is 4.32.